The number of hydrogen-bond donors (Lipinski definition) is 3. The van der Waals surface area contributed by atoms with E-state index in [0.29, 0.717) is 19.5 Å². The Morgan fingerprint density at radius 3 is 2.79 bits per heavy atom. The van der Waals surface area contributed by atoms with Crippen molar-refractivity contribution in [3.8, 4) is 0 Å². The third kappa shape index (κ3) is 4.79. The quantitative estimate of drug-likeness (QED) is 0.743. The zero-order valence-corrected chi connectivity index (χ0v) is 14.3. The number of hydrogen-bond acceptors (Lipinski definition) is 4. The number of piperidine rings is 1. The van der Waals surface area contributed by atoms with Crippen molar-refractivity contribution in [2.45, 2.75) is 44.2 Å². The molecule has 1 aromatic rings. The van der Waals surface area contributed by atoms with Gasteiger partial charge in [0.05, 0.1) is 12.1 Å². The number of amides is 1. The number of rotatable bonds is 5. The predicted octanol–water partition coefficient (Wildman–Crippen LogP) is 0.706. The summed E-state index contributed by atoms with van der Waals surface area (Å²) in [6, 6.07) is 8.11. The van der Waals surface area contributed by atoms with Crippen molar-refractivity contribution >= 4 is 5.91 Å². The first kappa shape index (κ1) is 17.4. The topological polar surface area (TPSA) is 64.6 Å². The second kappa shape index (κ2) is 8.60. The van der Waals surface area contributed by atoms with Crippen LogP contribution in [0.1, 0.15) is 30.4 Å². The van der Waals surface area contributed by atoms with Crippen LogP contribution in [-0.4, -0.2) is 60.8 Å². The molecule has 0 bridgehead atoms. The summed E-state index contributed by atoms with van der Waals surface area (Å²) in [6.07, 6.45) is 4.89. The van der Waals surface area contributed by atoms with Crippen molar-refractivity contribution in [2.24, 2.45) is 0 Å². The minimum absolute atomic E-state index is 0.00982. The molecule has 5 heteroatoms. The summed E-state index contributed by atoms with van der Waals surface area (Å²) in [4.78, 5) is 14.8. The van der Waals surface area contributed by atoms with E-state index in [1.165, 1.54) is 30.4 Å². The van der Waals surface area contributed by atoms with Gasteiger partial charge in [0.25, 0.3) is 0 Å². The van der Waals surface area contributed by atoms with Crippen LogP contribution in [0.25, 0.3) is 0 Å². The fourth-order valence-corrected chi connectivity index (χ4v) is 3.71. The summed E-state index contributed by atoms with van der Waals surface area (Å²) in [7, 11) is 0. The molecule has 1 saturated heterocycles. The minimum atomic E-state index is -0.495. The van der Waals surface area contributed by atoms with Crippen LogP contribution in [0.3, 0.4) is 0 Å². The average molecular weight is 331 g/mol. The number of carbonyl (C=O) groups is 1. The zero-order valence-electron chi connectivity index (χ0n) is 14.3. The number of carbonyl (C=O) groups excluding carboxylic acids is 1. The molecule has 1 aromatic carbocycles. The SMILES string of the molecule is O=C(NC[C@@H](O)CN1CCCCC1)C1Cc2ccccc2CCN1. The van der Waals surface area contributed by atoms with E-state index in [0.717, 1.165) is 26.1 Å². The highest BCUT2D eigenvalue weighted by Crippen LogP contribution is 2.15. The first-order chi connectivity index (χ1) is 11.7. The Bertz CT molecular complexity index is 543. The molecule has 2 atom stereocenters. The minimum Gasteiger partial charge on any atom is -0.390 e. The highest BCUT2D eigenvalue weighted by molar-refractivity contribution is 5.82. The fourth-order valence-electron chi connectivity index (χ4n) is 3.71. The Labute approximate surface area is 144 Å². The highest BCUT2D eigenvalue weighted by Gasteiger charge is 2.23. The van der Waals surface area contributed by atoms with E-state index >= 15 is 0 Å². The normalized spacial score (nSPS) is 23.1. The van der Waals surface area contributed by atoms with E-state index in [1.807, 2.05) is 6.07 Å². The van der Waals surface area contributed by atoms with E-state index in [4.69, 9.17) is 0 Å². The molecule has 24 heavy (non-hydrogen) atoms. The molecule has 1 amide bonds. The fraction of sp³-hybridized carbons (Fsp3) is 0.632. The largest absolute Gasteiger partial charge is 0.390 e. The van der Waals surface area contributed by atoms with Crippen molar-refractivity contribution in [1.29, 1.82) is 0 Å². The van der Waals surface area contributed by atoms with Gasteiger partial charge in [-0.25, -0.2) is 0 Å². The molecule has 0 saturated carbocycles. The highest BCUT2D eigenvalue weighted by atomic mass is 16.3. The van der Waals surface area contributed by atoms with Gasteiger partial charge in [0, 0.05) is 13.1 Å². The number of likely N-dealkylation sites (tertiary alicyclic amines) is 1. The second-order valence-electron chi connectivity index (χ2n) is 6.99. The van der Waals surface area contributed by atoms with Crippen LogP contribution < -0.4 is 10.6 Å². The molecule has 2 aliphatic heterocycles. The number of aliphatic hydroxyl groups excluding tert-OH is 1. The van der Waals surface area contributed by atoms with Gasteiger partial charge in [-0.2, -0.15) is 0 Å². The Morgan fingerprint density at radius 1 is 1.25 bits per heavy atom. The van der Waals surface area contributed by atoms with Gasteiger partial charge in [0.15, 0.2) is 0 Å². The molecule has 0 aliphatic carbocycles. The Hall–Kier alpha value is -1.43. The number of benzene rings is 1. The maximum absolute atomic E-state index is 12.5. The van der Waals surface area contributed by atoms with Gasteiger partial charge in [-0.1, -0.05) is 30.7 Å². The van der Waals surface area contributed by atoms with Gasteiger partial charge >= 0.3 is 0 Å². The van der Waals surface area contributed by atoms with Crippen LogP contribution in [0.4, 0.5) is 0 Å². The van der Waals surface area contributed by atoms with Gasteiger partial charge in [-0.3, -0.25) is 4.79 Å². The molecular weight excluding hydrogens is 302 g/mol. The van der Waals surface area contributed by atoms with Gasteiger partial charge in [0.2, 0.25) is 5.91 Å². The molecule has 5 nitrogen and oxygen atoms in total. The van der Waals surface area contributed by atoms with Crippen LogP contribution in [0.15, 0.2) is 24.3 Å². The first-order valence-corrected chi connectivity index (χ1v) is 9.20. The molecule has 2 heterocycles. The van der Waals surface area contributed by atoms with Crippen molar-refractivity contribution < 1.29 is 9.90 Å². The maximum Gasteiger partial charge on any atom is 0.237 e. The zero-order chi connectivity index (χ0) is 16.8. The lowest BCUT2D eigenvalue weighted by molar-refractivity contribution is -0.123. The number of aliphatic hydroxyl groups is 1. The molecule has 3 rings (SSSR count). The van der Waals surface area contributed by atoms with E-state index in [1.54, 1.807) is 0 Å². The van der Waals surface area contributed by atoms with Gasteiger partial charge in [0.1, 0.15) is 0 Å². The Morgan fingerprint density at radius 2 is 2.00 bits per heavy atom. The molecule has 0 radical (unpaired) electrons. The van der Waals surface area contributed by atoms with E-state index in [2.05, 4.69) is 33.7 Å². The first-order valence-electron chi connectivity index (χ1n) is 9.20. The van der Waals surface area contributed by atoms with E-state index < -0.39 is 6.10 Å². The Kier molecular flexibility index (Phi) is 6.24. The van der Waals surface area contributed by atoms with Crippen molar-refractivity contribution in [3.05, 3.63) is 35.4 Å². The number of nitrogens with zero attached hydrogens (tertiary/aromatic N) is 1. The van der Waals surface area contributed by atoms with Crippen LogP contribution in [0.2, 0.25) is 0 Å². The molecule has 3 N–H and O–H groups in total. The molecule has 1 unspecified atom stereocenters. The van der Waals surface area contributed by atoms with Gasteiger partial charge in [-0.15, -0.1) is 0 Å². The molecule has 2 aliphatic rings. The summed E-state index contributed by atoms with van der Waals surface area (Å²) < 4.78 is 0. The van der Waals surface area contributed by atoms with Crippen LogP contribution >= 0.6 is 0 Å². The van der Waals surface area contributed by atoms with Crippen LogP contribution in [0, 0.1) is 0 Å². The lowest BCUT2D eigenvalue weighted by Crippen LogP contribution is -2.48. The van der Waals surface area contributed by atoms with Crippen molar-refractivity contribution in [2.75, 3.05) is 32.7 Å². The lowest BCUT2D eigenvalue weighted by Gasteiger charge is -2.28. The lowest BCUT2D eigenvalue weighted by atomic mass is 10.0. The maximum atomic E-state index is 12.5. The van der Waals surface area contributed by atoms with E-state index in [9.17, 15) is 9.90 Å². The summed E-state index contributed by atoms with van der Waals surface area (Å²) in [5.74, 6) is -0.00982. The van der Waals surface area contributed by atoms with E-state index in [-0.39, 0.29) is 11.9 Å². The summed E-state index contributed by atoms with van der Waals surface area (Å²) >= 11 is 0. The molecule has 132 valence electrons. The summed E-state index contributed by atoms with van der Waals surface area (Å²) in [6.45, 7) is 3.92. The Balaban J connectivity index is 1.46. The number of β-amino-alcohol motifs (C(OH)–C–C–N with tert-alkyl or cyclic N) is 1. The van der Waals surface area contributed by atoms with Gasteiger partial charge in [-0.05, 0) is 56.4 Å². The van der Waals surface area contributed by atoms with Gasteiger partial charge < -0.3 is 20.6 Å². The predicted molar refractivity (Wildman–Crippen MR) is 94.9 cm³/mol. The van der Waals surface area contributed by atoms with Crippen LogP contribution in [-0.2, 0) is 17.6 Å². The standard InChI is InChI=1S/C19H29N3O2/c23-17(14-22-10-4-1-5-11-22)13-21-19(24)18-12-16-7-3-2-6-15(16)8-9-20-18/h2-3,6-7,17-18,20,23H,1,4-5,8-14H2,(H,21,24)/t17-,18?/m1/s1. The smallest absolute Gasteiger partial charge is 0.237 e. The summed E-state index contributed by atoms with van der Waals surface area (Å²) in [5, 5.41) is 16.4. The molecule has 0 spiro atoms. The number of nitrogens with one attached hydrogen (secondary N) is 2. The van der Waals surface area contributed by atoms with Crippen molar-refractivity contribution in [1.82, 2.24) is 15.5 Å². The van der Waals surface area contributed by atoms with Crippen LogP contribution in [0.5, 0.6) is 0 Å². The third-order valence-electron chi connectivity index (χ3n) is 5.07. The molecular formula is C19H29N3O2. The molecule has 1 fully saturated rings. The summed E-state index contributed by atoms with van der Waals surface area (Å²) in [5.41, 5.74) is 2.57. The number of fused-ring (bicyclic) bond motifs is 1. The average Bonchev–Trinajstić information content (AvgIpc) is 2.83. The monoisotopic (exact) mass is 331 g/mol. The van der Waals surface area contributed by atoms with Crippen molar-refractivity contribution in [3.63, 3.8) is 0 Å². The third-order valence-corrected chi connectivity index (χ3v) is 5.07. The second-order valence-corrected chi connectivity index (χ2v) is 6.99. The molecule has 0 aromatic heterocycles.